The summed E-state index contributed by atoms with van der Waals surface area (Å²) in [6, 6.07) is 6.80. The van der Waals surface area contributed by atoms with Crippen LogP contribution in [-0.2, 0) is 0 Å². The first-order valence-electron chi connectivity index (χ1n) is 8.86. The first-order chi connectivity index (χ1) is 12.5. The number of hydrogen-bond acceptors (Lipinski definition) is 5. The Hall–Kier alpha value is -2.09. The molecule has 3 rings (SSSR count). The van der Waals surface area contributed by atoms with Crippen LogP contribution in [0.15, 0.2) is 38.1 Å². The molecule has 26 heavy (non-hydrogen) atoms. The minimum Gasteiger partial charge on any atom is -0.444 e. The second kappa shape index (κ2) is 8.07. The lowest BCUT2D eigenvalue weighted by Crippen LogP contribution is -2.47. The first kappa shape index (κ1) is 18.7. The van der Waals surface area contributed by atoms with Crippen molar-refractivity contribution in [3.05, 3.63) is 45.0 Å². The molecule has 1 saturated heterocycles. The zero-order chi connectivity index (χ0) is 18.7. The minimum atomic E-state index is -0.235. The van der Waals surface area contributed by atoms with E-state index in [1.807, 2.05) is 13.8 Å². The van der Waals surface area contributed by atoms with Gasteiger partial charge in [0.1, 0.15) is 5.82 Å². The Kier molecular flexibility index (Phi) is 5.80. The number of carbonyl (C=O) groups excluding carboxylic acids is 1. The summed E-state index contributed by atoms with van der Waals surface area (Å²) >= 11 is 3.20. The number of carbonyl (C=O) groups is 1. The van der Waals surface area contributed by atoms with Crippen LogP contribution < -0.4 is 15.8 Å². The van der Waals surface area contributed by atoms with Gasteiger partial charge in [-0.2, -0.15) is 5.10 Å². The molecule has 0 bridgehead atoms. The van der Waals surface area contributed by atoms with Gasteiger partial charge in [-0.3, -0.25) is 9.59 Å². The highest BCUT2D eigenvalue weighted by atomic mass is 79.9. The number of rotatable bonds is 5. The lowest BCUT2D eigenvalue weighted by molar-refractivity contribution is 0.0920. The number of aromatic nitrogens is 2. The summed E-state index contributed by atoms with van der Waals surface area (Å²) in [7, 11) is 0. The molecule has 1 unspecified atom stereocenters. The molecule has 0 radical (unpaired) electrons. The minimum absolute atomic E-state index is 0.00259. The predicted octanol–water partition coefficient (Wildman–Crippen LogP) is 2.97. The number of nitrogens with zero attached hydrogens (tertiary/aromatic N) is 3. The van der Waals surface area contributed by atoms with E-state index in [4.69, 9.17) is 4.42 Å². The molecule has 140 valence electrons. The molecule has 1 fully saturated rings. The van der Waals surface area contributed by atoms with Gasteiger partial charge in [0, 0.05) is 25.2 Å². The molecular formula is C18H23BrN4O3. The van der Waals surface area contributed by atoms with E-state index < -0.39 is 0 Å². The summed E-state index contributed by atoms with van der Waals surface area (Å²) in [4.78, 5) is 26.4. The van der Waals surface area contributed by atoms with Gasteiger partial charge in [0.05, 0.1) is 6.04 Å². The number of hydrogen-bond donors (Lipinski definition) is 1. The lowest BCUT2D eigenvalue weighted by Gasteiger charge is -2.36. The standard InChI is InChI=1S/C18H23BrN4O3/c1-12(2)23-17(24)9-8-16(21-23)22-10-4-3-5-13(22)11-20-18(25)14-6-7-15(19)26-14/h6-9,12-13H,3-5,10-11H2,1-2H3,(H,20,25). The molecule has 0 saturated carbocycles. The monoisotopic (exact) mass is 422 g/mol. The molecule has 1 N–H and O–H groups in total. The zero-order valence-corrected chi connectivity index (χ0v) is 16.5. The van der Waals surface area contributed by atoms with E-state index in [1.54, 1.807) is 24.3 Å². The van der Waals surface area contributed by atoms with Gasteiger partial charge >= 0.3 is 0 Å². The van der Waals surface area contributed by atoms with E-state index in [9.17, 15) is 9.59 Å². The van der Waals surface area contributed by atoms with Crippen LogP contribution in [0.1, 0.15) is 49.7 Å². The molecule has 0 spiro atoms. The fourth-order valence-electron chi connectivity index (χ4n) is 3.19. The molecule has 1 atom stereocenters. The van der Waals surface area contributed by atoms with Crippen LogP contribution in [0.5, 0.6) is 0 Å². The van der Waals surface area contributed by atoms with Gasteiger partial charge < -0.3 is 14.6 Å². The van der Waals surface area contributed by atoms with Crippen molar-refractivity contribution in [3.63, 3.8) is 0 Å². The third kappa shape index (κ3) is 4.17. The molecule has 8 heteroatoms. The smallest absolute Gasteiger partial charge is 0.287 e. The number of anilines is 1. The van der Waals surface area contributed by atoms with Crippen molar-refractivity contribution in [1.29, 1.82) is 0 Å². The van der Waals surface area contributed by atoms with Crippen molar-refractivity contribution in [1.82, 2.24) is 15.1 Å². The maximum Gasteiger partial charge on any atom is 0.287 e. The second-order valence-electron chi connectivity index (χ2n) is 6.72. The van der Waals surface area contributed by atoms with Crippen LogP contribution in [0, 0.1) is 0 Å². The normalized spacial score (nSPS) is 17.5. The molecular weight excluding hydrogens is 400 g/mol. The highest BCUT2D eigenvalue weighted by Crippen LogP contribution is 2.22. The number of amides is 1. The quantitative estimate of drug-likeness (QED) is 0.800. The highest BCUT2D eigenvalue weighted by Gasteiger charge is 2.25. The maximum atomic E-state index is 12.2. The van der Waals surface area contributed by atoms with Gasteiger partial charge in [-0.1, -0.05) is 0 Å². The van der Waals surface area contributed by atoms with Crippen LogP contribution in [0.25, 0.3) is 0 Å². The number of halogens is 1. The van der Waals surface area contributed by atoms with E-state index in [0.29, 0.717) is 11.2 Å². The summed E-state index contributed by atoms with van der Waals surface area (Å²) in [5.41, 5.74) is -0.103. The Morgan fingerprint density at radius 2 is 2.15 bits per heavy atom. The van der Waals surface area contributed by atoms with Gasteiger partial charge in [0.2, 0.25) is 0 Å². The first-order valence-corrected chi connectivity index (χ1v) is 9.65. The molecule has 2 aromatic rings. The largest absolute Gasteiger partial charge is 0.444 e. The van der Waals surface area contributed by atoms with Gasteiger partial charge in [-0.15, -0.1) is 0 Å². The van der Waals surface area contributed by atoms with Gasteiger partial charge in [-0.25, -0.2) is 4.68 Å². The van der Waals surface area contributed by atoms with E-state index in [0.717, 1.165) is 31.6 Å². The van der Waals surface area contributed by atoms with Crippen molar-refractivity contribution in [2.24, 2.45) is 0 Å². The molecule has 1 aliphatic heterocycles. The van der Waals surface area contributed by atoms with Crippen LogP contribution >= 0.6 is 15.9 Å². The van der Waals surface area contributed by atoms with Gasteiger partial charge in [-0.05, 0) is 67.2 Å². The summed E-state index contributed by atoms with van der Waals surface area (Å²) in [6.07, 6.45) is 3.13. The molecule has 1 amide bonds. The fraction of sp³-hybridized carbons (Fsp3) is 0.500. The maximum absolute atomic E-state index is 12.2. The second-order valence-corrected chi connectivity index (χ2v) is 7.51. The number of nitrogens with one attached hydrogen (secondary N) is 1. The Morgan fingerprint density at radius 3 is 2.85 bits per heavy atom. The highest BCUT2D eigenvalue weighted by molar-refractivity contribution is 9.10. The van der Waals surface area contributed by atoms with Crippen molar-refractivity contribution < 1.29 is 9.21 Å². The Morgan fingerprint density at radius 1 is 1.35 bits per heavy atom. The molecule has 7 nitrogen and oxygen atoms in total. The van der Waals surface area contributed by atoms with E-state index in [-0.39, 0.29) is 29.3 Å². The van der Waals surface area contributed by atoms with Crippen molar-refractivity contribution >= 4 is 27.7 Å². The van der Waals surface area contributed by atoms with Crippen LogP contribution in [0.2, 0.25) is 0 Å². The topological polar surface area (TPSA) is 80.4 Å². The molecule has 0 aliphatic carbocycles. The zero-order valence-electron chi connectivity index (χ0n) is 14.9. The van der Waals surface area contributed by atoms with Gasteiger partial charge in [0.25, 0.3) is 11.5 Å². The Labute approximate surface area is 160 Å². The molecule has 0 aromatic carbocycles. The van der Waals surface area contributed by atoms with E-state index in [2.05, 4.69) is 31.2 Å². The number of furan rings is 1. The van der Waals surface area contributed by atoms with Crippen molar-refractivity contribution in [2.45, 2.75) is 45.2 Å². The third-order valence-electron chi connectivity index (χ3n) is 4.52. The molecule has 1 aliphatic rings. The fourth-order valence-corrected chi connectivity index (χ4v) is 3.49. The van der Waals surface area contributed by atoms with Gasteiger partial charge in [0.15, 0.2) is 10.4 Å². The van der Waals surface area contributed by atoms with Crippen molar-refractivity contribution in [2.75, 3.05) is 18.0 Å². The molecule has 3 heterocycles. The molecule has 2 aromatic heterocycles. The van der Waals surface area contributed by atoms with Crippen LogP contribution in [0.3, 0.4) is 0 Å². The van der Waals surface area contributed by atoms with E-state index >= 15 is 0 Å². The predicted molar refractivity (Wildman–Crippen MR) is 103 cm³/mol. The summed E-state index contributed by atoms with van der Waals surface area (Å²) in [6.45, 7) is 5.23. The SMILES string of the molecule is CC(C)n1nc(N2CCCCC2CNC(=O)c2ccc(Br)o2)ccc1=O. The Bertz CT molecular complexity index is 830. The van der Waals surface area contributed by atoms with E-state index in [1.165, 1.54) is 4.68 Å². The van der Waals surface area contributed by atoms with Crippen LogP contribution in [0.4, 0.5) is 5.82 Å². The number of piperidine rings is 1. The average Bonchev–Trinajstić information content (AvgIpc) is 3.07. The average molecular weight is 423 g/mol. The lowest BCUT2D eigenvalue weighted by atomic mass is 10.0. The summed E-state index contributed by atoms with van der Waals surface area (Å²) in [5, 5.41) is 7.47. The third-order valence-corrected chi connectivity index (χ3v) is 4.94. The summed E-state index contributed by atoms with van der Waals surface area (Å²) in [5.74, 6) is 0.824. The van der Waals surface area contributed by atoms with Crippen LogP contribution in [-0.4, -0.2) is 34.8 Å². The Balaban J connectivity index is 1.73. The summed E-state index contributed by atoms with van der Waals surface area (Å²) < 4.78 is 7.32. The van der Waals surface area contributed by atoms with Crippen molar-refractivity contribution in [3.8, 4) is 0 Å².